The van der Waals surface area contributed by atoms with Crippen molar-refractivity contribution in [3.8, 4) is 0 Å². The van der Waals surface area contributed by atoms with Gasteiger partial charge in [0.05, 0.1) is 25.4 Å². The van der Waals surface area contributed by atoms with E-state index in [2.05, 4.69) is 16.0 Å². The van der Waals surface area contributed by atoms with Gasteiger partial charge >= 0.3 is 12.4 Å². The molecule has 12 amide bonds. The van der Waals surface area contributed by atoms with Crippen molar-refractivity contribution in [2.45, 2.75) is 273 Å². The summed E-state index contributed by atoms with van der Waals surface area (Å²) in [5.41, 5.74) is -1.65. The minimum atomic E-state index is -5.20. The summed E-state index contributed by atoms with van der Waals surface area (Å²) < 4.78 is 115. The SMILES string of the molecule is CC[C@H](C)[C@@H]1NC(=O)[C@H](CC(C)C)N(C)C(=O)C[C@@H](C(=O)N2CCC2)N(C)C(=O)[C@H](C2CCCC2)N(C)C(=O)C2(CCCC2)NC(=O)[C@@H]2CCCN2C(=O)[C@H](CCC2CC(F)C(C(F)(F)F)C(F)C2)NC(=O)CN(C)C(=O)[C@H](CC2CCC(C(F)(F)F)CC2)N2CCCC[C@@H](C2=O)N(C)C(=O)CN(C)C1=O. The molecule has 106 heavy (non-hydrogen) atoms. The smallest absolute Gasteiger partial charge is 0.343 e. The first-order valence-electron chi connectivity index (χ1n) is 38.6. The first-order chi connectivity index (χ1) is 49.8. The number of hydrogen-bond acceptors (Lipinski definition) is 12. The average Bonchev–Trinajstić information content (AvgIpc) is 1.51. The van der Waals surface area contributed by atoms with Crippen LogP contribution in [0.2, 0.25) is 0 Å². The quantitative estimate of drug-likeness (QED) is 0.182. The normalized spacial score (nSPS) is 32.2. The van der Waals surface area contributed by atoms with Crippen LogP contribution in [0.25, 0.3) is 0 Å². The predicted octanol–water partition coefficient (Wildman–Crippen LogP) is 6.70. The van der Waals surface area contributed by atoms with E-state index in [1.807, 2.05) is 13.8 Å². The molecule has 0 radical (unpaired) electrons. The van der Waals surface area contributed by atoms with E-state index in [-0.39, 0.29) is 96.1 Å². The average molecular weight is 1520 g/mol. The third-order valence-electron chi connectivity index (χ3n) is 24.5. The second-order valence-electron chi connectivity index (χ2n) is 32.3. The lowest BCUT2D eigenvalue weighted by Gasteiger charge is -2.43. The molecular formula is C74H114F8N12O12. The summed E-state index contributed by atoms with van der Waals surface area (Å²) in [5, 5.41) is 8.51. The molecule has 8 rings (SSSR count). The highest BCUT2D eigenvalue weighted by Gasteiger charge is 2.56. The van der Waals surface area contributed by atoms with Gasteiger partial charge in [0, 0.05) is 68.5 Å². The van der Waals surface area contributed by atoms with Gasteiger partial charge in [0.1, 0.15) is 72.1 Å². The van der Waals surface area contributed by atoms with E-state index in [9.17, 15) is 55.1 Å². The largest absolute Gasteiger partial charge is 0.397 e. The third kappa shape index (κ3) is 19.9. The molecule has 598 valence electrons. The van der Waals surface area contributed by atoms with Crippen molar-refractivity contribution in [3.63, 3.8) is 0 Å². The molecule has 1 spiro atoms. The number of fused-ring (bicyclic) bond motifs is 3. The predicted molar refractivity (Wildman–Crippen MR) is 373 cm³/mol. The van der Waals surface area contributed by atoms with Gasteiger partial charge < -0.3 is 60.0 Å². The second kappa shape index (κ2) is 36.1. The summed E-state index contributed by atoms with van der Waals surface area (Å²) in [6, 6.07) is -10.8. The standard InChI is InChI=1S/C74H114F8N12O12/c1-11-44(4)61-69(104)87(6)42-59(97)88(7)53-22-14-17-34-94(68(53)103)56(39-45-24-27-48(28-25-45)73(77,78)79)66(101)86(5)41-57(95)83-51(29-26-46-37-49(75)60(50(76)38-46)74(80,81)82)65(100)93-35-18-23-52(93)64(99)85-72(30-15-16-31-72)71(106)91(10)62(47-20-12-13-21-47)70(105)90(9)55(67(102)92-32-19-33-92)40-58(96)89(8)54(36-43(2)3)63(98)84-61/h43-56,60-62H,11-42H2,1-10H3,(H,83,95)(H,84,98)(H,85,99)/t44-,45?,46?,48?,49?,50?,51-,52-,53-,54-,55-,56-,60?,61-,62-/m0/s1. The fraction of sp³-hybridized carbons (Fsp3) is 0.838. The number of likely N-dealkylation sites (tertiary alicyclic amines) is 1. The van der Waals surface area contributed by atoms with Crippen molar-refractivity contribution < 1.29 is 92.7 Å². The molecule has 0 aromatic heterocycles. The fourth-order valence-corrected chi connectivity index (χ4v) is 17.7. The van der Waals surface area contributed by atoms with E-state index in [1.165, 1.54) is 71.7 Å². The molecule has 8 aliphatic rings. The highest BCUT2D eigenvalue weighted by atomic mass is 19.4. The minimum Gasteiger partial charge on any atom is -0.343 e. The Hall–Kier alpha value is -6.92. The molecule has 0 aromatic rings. The number of carbonyl (C=O) groups is 12. The summed E-state index contributed by atoms with van der Waals surface area (Å²) in [4.78, 5) is 192. The van der Waals surface area contributed by atoms with Gasteiger partial charge in [-0.25, -0.2) is 8.78 Å². The van der Waals surface area contributed by atoms with Crippen molar-refractivity contribution in [1.29, 1.82) is 0 Å². The number of halogens is 8. The summed E-state index contributed by atoms with van der Waals surface area (Å²) in [6.07, 6.45) is -12.8. The Morgan fingerprint density at radius 2 is 1.14 bits per heavy atom. The lowest BCUT2D eigenvalue weighted by atomic mass is 9.76. The molecule has 32 heteroatoms. The van der Waals surface area contributed by atoms with E-state index >= 15 is 37.5 Å². The van der Waals surface area contributed by atoms with Gasteiger partial charge in [-0.1, -0.05) is 59.8 Å². The van der Waals surface area contributed by atoms with Crippen LogP contribution in [-0.4, -0.2) is 275 Å². The third-order valence-corrected chi connectivity index (χ3v) is 24.5. The van der Waals surface area contributed by atoms with E-state index < -0.39 is 224 Å². The zero-order chi connectivity index (χ0) is 78.2. The minimum absolute atomic E-state index is 0.0206. The number of likely N-dealkylation sites (N-methyl/N-ethyl adjacent to an activating group) is 6. The number of nitrogens with zero attached hydrogens (tertiary/aromatic N) is 9. The highest BCUT2D eigenvalue weighted by Crippen LogP contribution is 2.46. The van der Waals surface area contributed by atoms with E-state index in [1.54, 1.807) is 13.8 Å². The molecule has 3 N–H and O–H groups in total. The topological polar surface area (TPSA) is 270 Å². The molecular weight excluding hydrogens is 1400 g/mol. The van der Waals surface area contributed by atoms with Crippen LogP contribution in [0.15, 0.2) is 0 Å². The van der Waals surface area contributed by atoms with Gasteiger partial charge in [0.25, 0.3) is 0 Å². The van der Waals surface area contributed by atoms with Crippen molar-refractivity contribution in [2.24, 2.45) is 41.4 Å². The molecule has 4 aliphatic carbocycles. The van der Waals surface area contributed by atoms with Gasteiger partial charge in [0.2, 0.25) is 70.9 Å². The first kappa shape index (κ1) is 84.7. The van der Waals surface area contributed by atoms with Gasteiger partial charge in [-0.3, -0.25) is 57.5 Å². The second-order valence-corrected chi connectivity index (χ2v) is 32.3. The Morgan fingerprint density at radius 3 is 1.72 bits per heavy atom. The number of rotatable bonds is 11. The number of nitrogens with one attached hydrogen (secondary N) is 3. The van der Waals surface area contributed by atoms with E-state index in [0.29, 0.717) is 77.3 Å². The monoisotopic (exact) mass is 1510 g/mol. The lowest BCUT2D eigenvalue weighted by molar-refractivity contribution is -0.219. The van der Waals surface area contributed by atoms with Crippen LogP contribution in [0.5, 0.6) is 0 Å². The number of amides is 12. The molecule has 11 atom stereocenters. The van der Waals surface area contributed by atoms with Gasteiger partial charge in [-0.2, -0.15) is 26.3 Å². The molecule has 2 bridgehead atoms. The zero-order valence-corrected chi connectivity index (χ0v) is 63.4. The molecule has 0 aromatic carbocycles. The van der Waals surface area contributed by atoms with Crippen LogP contribution in [0, 0.1) is 41.4 Å². The van der Waals surface area contributed by atoms with E-state index in [0.717, 1.165) is 14.7 Å². The van der Waals surface area contributed by atoms with Crippen LogP contribution >= 0.6 is 0 Å². The lowest BCUT2D eigenvalue weighted by Crippen LogP contribution is -2.65. The maximum absolute atomic E-state index is 15.6. The number of hydrogen-bond donors (Lipinski definition) is 3. The molecule has 8 fully saturated rings. The Bertz CT molecular complexity index is 3150. The maximum atomic E-state index is 15.6. The highest BCUT2D eigenvalue weighted by molar-refractivity contribution is 6.01. The number of alkyl halides is 8. The molecule has 4 heterocycles. The molecule has 4 aliphatic heterocycles. The van der Waals surface area contributed by atoms with Gasteiger partial charge in [-0.15, -0.1) is 0 Å². The Balaban J connectivity index is 1.18. The van der Waals surface area contributed by atoms with E-state index in [4.69, 9.17) is 0 Å². The molecule has 24 nitrogen and oxygen atoms in total. The molecule has 4 saturated carbocycles. The summed E-state index contributed by atoms with van der Waals surface area (Å²) in [7, 11) is 8.18. The van der Waals surface area contributed by atoms with Crippen LogP contribution in [0.1, 0.15) is 195 Å². The summed E-state index contributed by atoms with van der Waals surface area (Å²) in [5.74, 6) is -16.2. The number of carbonyl (C=O) groups excluding carboxylic acids is 12. The van der Waals surface area contributed by atoms with Crippen LogP contribution in [0.3, 0.4) is 0 Å². The zero-order valence-electron chi connectivity index (χ0n) is 63.4. The molecule has 4 saturated heterocycles. The Labute approximate surface area is 617 Å². The van der Waals surface area contributed by atoms with Crippen LogP contribution in [-0.2, 0) is 57.5 Å². The van der Waals surface area contributed by atoms with Crippen LogP contribution < -0.4 is 16.0 Å². The van der Waals surface area contributed by atoms with Gasteiger partial charge in [-0.05, 0) is 158 Å². The Kier molecular flexibility index (Phi) is 28.8. The summed E-state index contributed by atoms with van der Waals surface area (Å²) in [6.45, 7) is 6.25. The van der Waals surface area contributed by atoms with Crippen molar-refractivity contribution >= 4 is 70.9 Å². The summed E-state index contributed by atoms with van der Waals surface area (Å²) >= 11 is 0. The van der Waals surface area contributed by atoms with Gasteiger partial charge in [0.15, 0.2) is 0 Å². The fourth-order valence-electron chi connectivity index (χ4n) is 17.7. The molecule has 2 unspecified atom stereocenters. The Morgan fingerprint density at radius 1 is 0.547 bits per heavy atom. The maximum Gasteiger partial charge on any atom is 0.397 e. The van der Waals surface area contributed by atoms with Crippen molar-refractivity contribution in [2.75, 3.05) is 81.6 Å². The van der Waals surface area contributed by atoms with Crippen molar-refractivity contribution in [3.05, 3.63) is 0 Å². The van der Waals surface area contributed by atoms with Crippen molar-refractivity contribution in [1.82, 2.24) is 60.0 Å². The van der Waals surface area contributed by atoms with Crippen LogP contribution in [0.4, 0.5) is 35.1 Å². The first-order valence-corrected chi connectivity index (χ1v) is 38.6.